The summed E-state index contributed by atoms with van der Waals surface area (Å²) in [5, 5.41) is 1.22. The van der Waals surface area contributed by atoms with Crippen LogP contribution in [0.3, 0.4) is 0 Å². The van der Waals surface area contributed by atoms with Gasteiger partial charge in [0.15, 0.2) is 11.5 Å². The van der Waals surface area contributed by atoms with Crippen LogP contribution in [-0.2, 0) is 9.59 Å². The Bertz CT molecular complexity index is 925. The van der Waals surface area contributed by atoms with Crippen LogP contribution >= 0.6 is 15.9 Å². The van der Waals surface area contributed by atoms with Gasteiger partial charge in [0.2, 0.25) is 0 Å². The Hall–Kier alpha value is -3.06. The van der Waals surface area contributed by atoms with Crippen LogP contribution in [-0.4, -0.2) is 25.5 Å². The molecule has 27 heavy (non-hydrogen) atoms. The summed E-state index contributed by atoms with van der Waals surface area (Å²) in [7, 11) is 1.52. The highest BCUT2D eigenvalue weighted by molar-refractivity contribution is 9.10. The minimum absolute atomic E-state index is 0.0290. The van der Waals surface area contributed by atoms with Gasteiger partial charge in [-0.15, -0.1) is 0 Å². The summed E-state index contributed by atoms with van der Waals surface area (Å²) < 4.78 is 11.6. The molecule has 0 aromatic heterocycles. The number of amides is 2. The quantitative estimate of drug-likeness (QED) is 0.434. The summed E-state index contributed by atoms with van der Waals surface area (Å²) in [5.74, 6) is 0.114. The van der Waals surface area contributed by atoms with E-state index in [1.165, 1.54) is 18.2 Å². The second-order valence-electron chi connectivity index (χ2n) is 5.60. The van der Waals surface area contributed by atoms with Crippen molar-refractivity contribution in [2.45, 2.75) is 0 Å². The van der Waals surface area contributed by atoms with E-state index < -0.39 is 11.8 Å². The normalized spacial score (nSPS) is 15.0. The molecule has 6 nitrogen and oxygen atoms in total. The van der Waals surface area contributed by atoms with E-state index in [4.69, 9.17) is 9.47 Å². The molecule has 1 N–H and O–H groups in total. The molecule has 2 aromatic rings. The summed E-state index contributed by atoms with van der Waals surface area (Å²) in [6.45, 7) is 3.94. The molecule has 138 valence electrons. The monoisotopic (exact) mass is 428 g/mol. The molecule has 1 aliphatic heterocycles. The van der Waals surface area contributed by atoms with Crippen molar-refractivity contribution >= 4 is 39.5 Å². The molecular weight excluding hydrogens is 412 g/mol. The minimum atomic E-state index is -0.471. The standard InChI is InChI=1S/C20H17BrN2O4/c1-3-9-27-18-12-16(21)13(11-17(18)26-2)10-15-19(24)22-23(20(15)25)14-7-5-4-6-8-14/h3-8,10-12H,1,9H2,2H3,(H,22,24)/b15-10-. The van der Waals surface area contributed by atoms with Crippen LogP contribution in [0.25, 0.3) is 6.08 Å². The molecule has 0 unspecified atom stereocenters. The SMILES string of the molecule is C=CCOc1cc(Br)c(/C=C2/C(=O)NN(c3ccccc3)C2=O)cc1OC. The number of carbonyl (C=O) groups is 2. The minimum Gasteiger partial charge on any atom is -0.493 e. The van der Waals surface area contributed by atoms with Crippen molar-refractivity contribution in [1.29, 1.82) is 0 Å². The highest BCUT2D eigenvalue weighted by atomic mass is 79.9. The Kier molecular flexibility index (Phi) is 5.61. The van der Waals surface area contributed by atoms with E-state index in [2.05, 4.69) is 27.9 Å². The van der Waals surface area contributed by atoms with Gasteiger partial charge >= 0.3 is 0 Å². The van der Waals surface area contributed by atoms with Gasteiger partial charge in [-0.2, -0.15) is 0 Å². The third kappa shape index (κ3) is 3.88. The lowest BCUT2D eigenvalue weighted by Crippen LogP contribution is -2.35. The zero-order chi connectivity index (χ0) is 19.4. The third-order valence-electron chi connectivity index (χ3n) is 3.85. The van der Waals surface area contributed by atoms with Gasteiger partial charge < -0.3 is 9.47 Å². The molecule has 0 bridgehead atoms. The maximum atomic E-state index is 12.7. The van der Waals surface area contributed by atoms with Crippen LogP contribution < -0.4 is 19.9 Å². The van der Waals surface area contributed by atoms with Gasteiger partial charge in [0.25, 0.3) is 11.8 Å². The van der Waals surface area contributed by atoms with Crippen LogP contribution in [0, 0.1) is 0 Å². The first kappa shape index (κ1) is 18.7. The molecule has 2 aromatic carbocycles. The fraction of sp³-hybridized carbons (Fsp3) is 0.100. The number of nitrogens with one attached hydrogen (secondary N) is 1. The smallest absolute Gasteiger partial charge is 0.282 e. The molecule has 0 spiro atoms. The summed E-state index contributed by atoms with van der Waals surface area (Å²) >= 11 is 3.45. The van der Waals surface area contributed by atoms with E-state index in [0.717, 1.165) is 0 Å². The lowest BCUT2D eigenvalue weighted by molar-refractivity contribution is -0.117. The van der Waals surface area contributed by atoms with Gasteiger partial charge in [-0.1, -0.05) is 46.8 Å². The molecule has 1 heterocycles. The first-order valence-corrected chi connectivity index (χ1v) is 8.88. The van der Waals surface area contributed by atoms with Crippen molar-refractivity contribution in [3.05, 3.63) is 70.7 Å². The van der Waals surface area contributed by atoms with Gasteiger partial charge in [-0.05, 0) is 35.9 Å². The average Bonchev–Trinajstić information content (AvgIpc) is 2.96. The lowest BCUT2D eigenvalue weighted by Gasteiger charge is -2.14. The van der Waals surface area contributed by atoms with Gasteiger partial charge in [0.1, 0.15) is 12.2 Å². The Morgan fingerprint density at radius 2 is 1.93 bits per heavy atom. The summed E-state index contributed by atoms with van der Waals surface area (Å²) in [6.07, 6.45) is 3.15. The third-order valence-corrected chi connectivity index (χ3v) is 4.53. The van der Waals surface area contributed by atoms with Gasteiger partial charge in [-0.3, -0.25) is 15.0 Å². The number of methoxy groups -OCH3 is 1. The fourth-order valence-corrected chi connectivity index (χ4v) is 2.99. The number of benzene rings is 2. The average molecular weight is 429 g/mol. The summed E-state index contributed by atoms with van der Waals surface area (Å²) in [5.41, 5.74) is 3.80. The van der Waals surface area contributed by atoms with Crippen molar-refractivity contribution < 1.29 is 19.1 Å². The number of rotatable bonds is 6. The maximum absolute atomic E-state index is 12.7. The first-order valence-electron chi connectivity index (χ1n) is 8.08. The molecule has 1 fully saturated rings. The zero-order valence-electron chi connectivity index (χ0n) is 14.6. The summed E-state index contributed by atoms with van der Waals surface area (Å²) in [6, 6.07) is 12.3. The second kappa shape index (κ2) is 8.09. The topological polar surface area (TPSA) is 67.9 Å². The number of carbonyl (C=O) groups excluding carboxylic acids is 2. The molecule has 2 amide bonds. The molecule has 0 saturated carbocycles. The number of para-hydroxylation sites is 1. The van der Waals surface area contributed by atoms with Crippen molar-refractivity contribution in [3.8, 4) is 11.5 Å². The van der Waals surface area contributed by atoms with Crippen molar-refractivity contribution in [3.63, 3.8) is 0 Å². The van der Waals surface area contributed by atoms with Gasteiger partial charge in [-0.25, -0.2) is 5.01 Å². The van der Waals surface area contributed by atoms with Crippen molar-refractivity contribution in [1.82, 2.24) is 5.43 Å². The van der Waals surface area contributed by atoms with Crippen molar-refractivity contribution in [2.75, 3.05) is 18.7 Å². The Morgan fingerprint density at radius 3 is 2.59 bits per heavy atom. The second-order valence-corrected chi connectivity index (χ2v) is 6.45. The molecule has 1 saturated heterocycles. The highest BCUT2D eigenvalue weighted by Gasteiger charge is 2.34. The van der Waals surface area contributed by atoms with E-state index in [9.17, 15) is 9.59 Å². The number of halogens is 1. The maximum Gasteiger partial charge on any atom is 0.282 e. The van der Waals surface area contributed by atoms with E-state index in [1.807, 2.05) is 6.07 Å². The number of ether oxygens (including phenoxy) is 2. The van der Waals surface area contributed by atoms with Crippen LogP contribution in [0.1, 0.15) is 5.56 Å². The number of hydrazine groups is 1. The number of hydrogen-bond donors (Lipinski definition) is 1. The largest absolute Gasteiger partial charge is 0.493 e. The number of nitrogens with zero attached hydrogens (tertiary/aromatic N) is 1. The molecular formula is C20H17BrN2O4. The lowest BCUT2D eigenvalue weighted by atomic mass is 10.1. The van der Waals surface area contributed by atoms with Crippen LogP contribution in [0.4, 0.5) is 5.69 Å². The molecule has 7 heteroatoms. The Morgan fingerprint density at radius 1 is 1.19 bits per heavy atom. The van der Waals surface area contributed by atoms with Crippen LogP contribution in [0.15, 0.2) is 65.2 Å². The molecule has 0 radical (unpaired) electrons. The van der Waals surface area contributed by atoms with Crippen LogP contribution in [0.5, 0.6) is 11.5 Å². The van der Waals surface area contributed by atoms with E-state index >= 15 is 0 Å². The highest BCUT2D eigenvalue weighted by Crippen LogP contribution is 2.35. The zero-order valence-corrected chi connectivity index (χ0v) is 16.2. The fourth-order valence-electron chi connectivity index (χ4n) is 2.55. The molecule has 0 atom stereocenters. The predicted octanol–water partition coefficient (Wildman–Crippen LogP) is 3.48. The predicted molar refractivity (Wildman–Crippen MR) is 106 cm³/mol. The molecule has 3 rings (SSSR count). The Labute approximate surface area is 165 Å². The van der Waals surface area contributed by atoms with E-state index in [0.29, 0.717) is 33.8 Å². The van der Waals surface area contributed by atoms with Gasteiger partial charge in [0, 0.05) is 4.47 Å². The number of anilines is 1. The summed E-state index contributed by atoms with van der Waals surface area (Å²) in [4.78, 5) is 25.0. The number of hydrogen-bond acceptors (Lipinski definition) is 4. The van der Waals surface area contributed by atoms with Gasteiger partial charge in [0.05, 0.1) is 12.8 Å². The van der Waals surface area contributed by atoms with Crippen molar-refractivity contribution in [2.24, 2.45) is 0 Å². The van der Waals surface area contributed by atoms with E-state index in [-0.39, 0.29) is 5.57 Å². The Balaban J connectivity index is 1.95. The first-order chi connectivity index (χ1) is 13.0. The molecule has 0 aliphatic carbocycles. The molecule has 1 aliphatic rings. The van der Waals surface area contributed by atoms with Crippen LogP contribution in [0.2, 0.25) is 0 Å². The van der Waals surface area contributed by atoms with E-state index in [1.54, 1.807) is 42.5 Å².